The summed E-state index contributed by atoms with van der Waals surface area (Å²) in [5, 5.41) is 8.99. The second kappa shape index (κ2) is 19.2. The minimum Gasteiger partial charge on any atom is -1.00 e. The van der Waals surface area contributed by atoms with Crippen LogP contribution in [0.1, 0.15) is 103 Å². The first-order valence-electron chi connectivity index (χ1n) is 11.5. The molecule has 1 atom stereocenters. The first-order valence-corrected chi connectivity index (χ1v) is 11.5. The van der Waals surface area contributed by atoms with Crippen LogP contribution in [0.2, 0.25) is 0 Å². The third kappa shape index (κ3) is 23.3. The van der Waals surface area contributed by atoms with E-state index in [2.05, 4.69) is 6.92 Å². The molecule has 0 aliphatic carbocycles. The van der Waals surface area contributed by atoms with Crippen molar-refractivity contribution in [2.24, 2.45) is 0 Å². The number of hydrogen-bond acceptors (Lipinski definition) is 3. The number of rotatable bonds is 19. The van der Waals surface area contributed by atoms with Crippen LogP contribution in [0.25, 0.3) is 0 Å². The zero-order valence-electron chi connectivity index (χ0n) is 19.4. The van der Waals surface area contributed by atoms with Crippen LogP contribution in [0.15, 0.2) is 0 Å². The van der Waals surface area contributed by atoms with Gasteiger partial charge < -0.3 is 26.7 Å². The lowest BCUT2D eigenvalue weighted by molar-refractivity contribution is -0.873. The summed E-state index contributed by atoms with van der Waals surface area (Å²) in [6.07, 6.45) is 16.2. The summed E-state index contributed by atoms with van der Waals surface area (Å²) in [4.78, 5) is 23.0. The molecule has 0 radical (unpaired) electrons. The Labute approximate surface area is 185 Å². The Kier molecular flexibility index (Phi) is 20.1. The highest BCUT2D eigenvalue weighted by atomic mass is 35.5. The van der Waals surface area contributed by atoms with Crippen molar-refractivity contribution in [1.29, 1.82) is 0 Å². The van der Waals surface area contributed by atoms with Gasteiger partial charge in [-0.25, -0.2) is 0 Å². The minimum atomic E-state index is -0.924. The van der Waals surface area contributed by atoms with Crippen molar-refractivity contribution >= 4 is 11.9 Å². The number of ether oxygens (including phenoxy) is 1. The molecular weight excluding hydrogens is 393 g/mol. The summed E-state index contributed by atoms with van der Waals surface area (Å²) in [5.74, 6) is -1.19. The molecule has 0 bridgehead atoms. The molecule has 0 aromatic carbocycles. The van der Waals surface area contributed by atoms with Crippen LogP contribution in [0, 0.1) is 0 Å². The number of aliphatic carboxylic acids is 1. The maximum Gasteiger partial charge on any atom is 0.307 e. The first kappa shape index (κ1) is 30.4. The normalized spacial score (nSPS) is 12.3. The van der Waals surface area contributed by atoms with Gasteiger partial charge in [-0.1, -0.05) is 84.0 Å². The van der Waals surface area contributed by atoms with Crippen molar-refractivity contribution < 1.29 is 36.3 Å². The van der Waals surface area contributed by atoms with E-state index in [9.17, 15) is 9.59 Å². The summed E-state index contributed by atoms with van der Waals surface area (Å²) in [5.41, 5.74) is 0. The van der Waals surface area contributed by atoms with Crippen LogP contribution < -0.4 is 12.4 Å². The molecule has 1 N–H and O–H groups in total. The molecule has 0 rings (SSSR count). The fourth-order valence-electron chi connectivity index (χ4n) is 3.48. The van der Waals surface area contributed by atoms with Crippen LogP contribution in [0.4, 0.5) is 0 Å². The largest absolute Gasteiger partial charge is 1.00 e. The summed E-state index contributed by atoms with van der Waals surface area (Å²) < 4.78 is 5.98. The van der Waals surface area contributed by atoms with Crippen LogP contribution >= 0.6 is 0 Å². The van der Waals surface area contributed by atoms with Gasteiger partial charge in [0, 0.05) is 6.42 Å². The van der Waals surface area contributed by atoms with Crippen LogP contribution in [0.5, 0.6) is 0 Å². The number of quaternary nitrogens is 1. The number of unbranched alkanes of at least 4 members (excludes halogenated alkanes) is 12. The number of esters is 1. The van der Waals surface area contributed by atoms with E-state index < -0.39 is 12.1 Å². The van der Waals surface area contributed by atoms with Gasteiger partial charge in [-0.3, -0.25) is 9.59 Å². The van der Waals surface area contributed by atoms with Crippen molar-refractivity contribution in [1.82, 2.24) is 0 Å². The van der Waals surface area contributed by atoms with E-state index in [4.69, 9.17) is 9.84 Å². The standard InChI is InChI=1S/C23H45NO4.ClH/c1-5-6-7-8-9-10-11-12-13-14-15-16-17-18-23(27)28-21(19-22(25)26)20-24(2,3)4;/h21H,5-20H2,1-4H3;1H/t21-;/m1./s1/i2+1,3+1,4+1;. The van der Waals surface area contributed by atoms with Gasteiger partial charge in [-0.15, -0.1) is 0 Å². The van der Waals surface area contributed by atoms with E-state index >= 15 is 0 Å². The number of halogens is 1. The molecule has 6 heteroatoms. The van der Waals surface area contributed by atoms with E-state index in [1.54, 1.807) is 0 Å². The fraction of sp³-hybridized carbons (Fsp3) is 0.913. The minimum absolute atomic E-state index is 0. The van der Waals surface area contributed by atoms with Crippen molar-refractivity contribution in [3.05, 3.63) is 0 Å². The first-order chi connectivity index (χ1) is 13.2. The average Bonchev–Trinajstić information content (AvgIpc) is 2.56. The van der Waals surface area contributed by atoms with Crippen molar-refractivity contribution in [3.63, 3.8) is 0 Å². The number of nitrogens with zero attached hydrogens (tertiary/aromatic N) is 1. The molecule has 0 aromatic rings. The van der Waals surface area contributed by atoms with Crippen LogP contribution in [-0.2, 0) is 14.3 Å². The number of carbonyl (C=O) groups is 2. The Hall–Kier alpha value is -0.810. The smallest absolute Gasteiger partial charge is 0.307 e. The van der Waals surface area contributed by atoms with E-state index in [-0.39, 0.29) is 24.8 Å². The quantitative estimate of drug-likeness (QED) is 0.146. The third-order valence-electron chi connectivity index (χ3n) is 4.94. The Bertz CT molecular complexity index is 410. The molecule has 0 aromatic heterocycles. The molecule has 0 fully saturated rings. The van der Waals surface area contributed by atoms with Gasteiger partial charge in [0.15, 0.2) is 6.10 Å². The van der Waals surface area contributed by atoms with Gasteiger partial charge in [-0.05, 0) is 6.42 Å². The second-order valence-electron chi connectivity index (χ2n) is 9.18. The van der Waals surface area contributed by atoms with Gasteiger partial charge in [0.2, 0.25) is 0 Å². The molecule has 174 valence electrons. The fourth-order valence-corrected chi connectivity index (χ4v) is 3.48. The zero-order valence-corrected chi connectivity index (χ0v) is 20.1. The van der Waals surface area contributed by atoms with E-state index in [1.807, 2.05) is 21.1 Å². The van der Waals surface area contributed by atoms with Crippen molar-refractivity contribution in [2.75, 3.05) is 27.7 Å². The maximum absolute atomic E-state index is 12.0. The van der Waals surface area contributed by atoms with Gasteiger partial charge in [0.05, 0.1) is 27.6 Å². The molecule has 0 amide bonds. The van der Waals surface area contributed by atoms with Gasteiger partial charge in [-0.2, -0.15) is 0 Å². The number of carbonyl (C=O) groups excluding carboxylic acids is 1. The number of carboxylic acid groups (broad SMARTS) is 1. The van der Waals surface area contributed by atoms with E-state index in [0.29, 0.717) is 17.4 Å². The average molecular weight is 439 g/mol. The lowest BCUT2D eigenvalue weighted by atomic mass is 10.0. The number of carboxylic acids is 1. The highest BCUT2D eigenvalue weighted by Crippen LogP contribution is 2.14. The lowest BCUT2D eigenvalue weighted by Crippen LogP contribution is -3.00. The summed E-state index contributed by atoms with van der Waals surface area (Å²) in [6, 6.07) is 0. The van der Waals surface area contributed by atoms with E-state index in [1.165, 1.54) is 70.6 Å². The molecule has 0 aliphatic rings. The molecular formula is C23H46ClNO4. The molecule has 0 unspecified atom stereocenters. The lowest BCUT2D eigenvalue weighted by Gasteiger charge is -2.28. The molecule has 0 saturated heterocycles. The number of likely N-dealkylation sites (N-methyl/N-ethyl adjacent to an activating group) is 1. The Morgan fingerprint density at radius 3 is 1.59 bits per heavy atom. The summed E-state index contributed by atoms with van der Waals surface area (Å²) in [6.45, 7) is 2.77. The molecule has 0 spiro atoms. The SMILES string of the molecule is CCCCCCCCCCCCCCCC(=O)O[C@H](CC(=O)O)C[N+]([13CH3])([13CH3])[13CH3].[Cl-]. The van der Waals surface area contributed by atoms with Gasteiger partial charge in [0.1, 0.15) is 6.54 Å². The molecule has 0 heterocycles. The van der Waals surface area contributed by atoms with E-state index in [0.717, 1.165) is 12.8 Å². The van der Waals surface area contributed by atoms with Gasteiger partial charge >= 0.3 is 11.9 Å². The summed E-state index contributed by atoms with van der Waals surface area (Å²) >= 11 is 0. The van der Waals surface area contributed by atoms with Crippen LogP contribution in [-0.4, -0.2) is 55.3 Å². The molecule has 0 saturated carbocycles. The Morgan fingerprint density at radius 1 is 0.793 bits per heavy atom. The van der Waals surface area contributed by atoms with Crippen molar-refractivity contribution in [2.45, 2.75) is 109 Å². The predicted molar refractivity (Wildman–Crippen MR) is 115 cm³/mol. The van der Waals surface area contributed by atoms with Crippen molar-refractivity contribution in [3.8, 4) is 0 Å². The Morgan fingerprint density at radius 2 is 1.21 bits per heavy atom. The maximum atomic E-state index is 12.0. The molecule has 5 nitrogen and oxygen atoms in total. The highest BCUT2D eigenvalue weighted by Gasteiger charge is 2.24. The molecule has 29 heavy (non-hydrogen) atoms. The second-order valence-corrected chi connectivity index (χ2v) is 9.18. The number of hydrogen-bond donors (Lipinski definition) is 1. The van der Waals surface area contributed by atoms with Crippen LogP contribution in [0.3, 0.4) is 0 Å². The zero-order chi connectivity index (χ0) is 21.3. The predicted octanol–water partition coefficient (Wildman–Crippen LogP) is 2.56. The summed E-state index contributed by atoms with van der Waals surface area (Å²) in [7, 11) is 5.90. The topological polar surface area (TPSA) is 63.6 Å². The molecule has 0 aliphatic heterocycles. The highest BCUT2D eigenvalue weighted by molar-refractivity contribution is 5.71. The third-order valence-corrected chi connectivity index (χ3v) is 4.94. The van der Waals surface area contributed by atoms with Gasteiger partial charge in [0.25, 0.3) is 0 Å². The Balaban J connectivity index is 0. The monoisotopic (exact) mass is 438 g/mol.